The lowest BCUT2D eigenvalue weighted by Crippen LogP contribution is -2.27. The van der Waals surface area contributed by atoms with Crippen molar-refractivity contribution in [2.75, 3.05) is 19.6 Å². The first-order valence-corrected chi connectivity index (χ1v) is 10.2. The van der Waals surface area contributed by atoms with E-state index in [1.807, 2.05) is 47.4 Å². The Labute approximate surface area is 170 Å². The number of aromatic nitrogens is 2. The minimum Gasteiger partial charge on any atom is -0.339 e. The summed E-state index contributed by atoms with van der Waals surface area (Å²) < 4.78 is 0. The molecule has 0 bridgehead atoms. The van der Waals surface area contributed by atoms with Crippen LogP contribution in [0.25, 0.3) is 10.9 Å². The topological polar surface area (TPSA) is 69.3 Å². The van der Waals surface area contributed by atoms with E-state index in [1.165, 1.54) is 0 Å². The SMILES string of the molecule is CCN(Cc1ccc(C(=O)N2CCCC2)cc1)Cc1nc2ccccc2c(=O)[nH]1. The third-order valence-corrected chi connectivity index (χ3v) is 5.48. The Balaban J connectivity index is 1.45. The Bertz CT molecular complexity index is 1050. The van der Waals surface area contributed by atoms with Gasteiger partial charge in [0.25, 0.3) is 11.5 Å². The van der Waals surface area contributed by atoms with Crippen molar-refractivity contribution in [1.82, 2.24) is 19.8 Å². The first-order chi connectivity index (χ1) is 14.1. The Morgan fingerprint density at radius 3 is 2.52 bits per heavy atom. The summed E-state index contributed by atoms with van der Waals surface area (Å²) in [7, 11) is 0. The number of nitrogens with one attached hydrogen (secondary N) is 1. The van der Waals surface area contributed by atoms with Crippen LogP contribution in [0.4, 0.5) is 0 Å². The van der Waals surface area contributed by atoms with Crippen molar-refractivity contribution >= 4 is 16.8 Å². The lowest BCUT2D eigenvalue weighted by atomic mass is 10.1. The van der Waals surface area contributed by atoms with E-state index in [1.54, 1.807) is 6.07 Å². The van der Waals surface area contributed by atoms with Crippen LogP contribution in [0.1, 0.15) is 41.5 Å². The maximum Gasteiger partial charge on any atom is 0.258 e. The van der Waals surface area contributed by atoms with Gasteiger partial charge in [-0.15, -0.1) is 0 Å². The van der Waals surface area contributed by atoms with Crippen molar-refractivity contribution in [2.24, 2.45) is 0 Å². The van der Waals surface area contributed by atoms with Gasteiger partial charge < -0.3 is 9.88 Å². The molecule has 1 N–H and O–H groups in total. The van der Waals surface area contributed by atoms with Crippen LogP contribution in [0.5, 0.6) is 0 Å². The second-order valence-electron chi connectivity index (χ2n) is 7.53. The summed E-state index contributed by atoms with van der Waals surface area (Å²) in [6.45, 7) is 5.92. The lowest BCUT2D eigenvalue weighted by molar-refractivity contribution is 0.0793. The van der Waals surface area contributed by atoms with Crippen molar-refractivity contribution < 1.29 is 4.79 Å². The van der Waals surface area contributed by atoms with Gasteiger partial charge in [0.1, 0.15) is 5.82 Å². The van der Waals surface area contributed by atoms with E-state index in [2.05, 4.69) is 21.8 Å². The van der Waals surface area contributed by atoms with Gasteiger partial charge in [0.15, 0.2) is 0 Å². The van der Waals surface area contributed by atoms with E-state index in [0.29, 0.717) is 23.3 Å². The molecule has 1 aliphatic rings. The number of hydrogen-bond donors (Lipinski definition) is 1. The molecule has 1 fully saturated rings. The average molecular weight is 390 g/mol. The normalized spacial score (nSPS) is 14.1. The standard InChI is InChI=1S/C23H26N4O2/c1-2-26(16-21-24-20-8-4-3-7-19(20)22(28)25-21)15-17-9-11-18(12-10-17)23(29)27-13-5-6-14-27/h3-4,7-12H,2,5-6,13-16H2,1H3,(H,24,25,28). The smallest absolute Gasteiger partial charge is 0.258 e. The third kappa shape index (κ3) is 4.38. The molecule has 1 amide bonds. The molecule has 0 aliphatic carbocycles. The molecule has 0 atom stereocenters. The van der Waals surface area contributed by atoms with Crippen molar-refractivity contribution in [2.45, 2.75) is 32.9 Å². The average Bonchev–Trinajstić information content (AvgIpc) is 3.28. The van der Waals surface area contributed by atoms with Crippen LogP contribution in [0.2, 0.25) is 0 Å². The van der Waals surface area contributed by atoms with Crippen LogP contribution >= 0.6 is 0 Å². The number of para-hydroxylation sites is 1. The lowest BCUT2D eigenvalue weighted by Gasteiger charge is -2.20. The summed E-state index contributed by atoms with van der Waals surface area (Å²) in [5.41, 5.74) is 2.49. The van der Waals surface area contributed by atoms with Crippen LogP contribution in [-0.4, -0.2) is 45.3 Å². The summed E-state index contributed by atoms with van der Waals surface area (Å²) in [5, 5.41) is 0.609. The molecule has 0 radical (unpaired) electrons. The fourth-order valence-electron chi connectivity index (χ4n) is 3.81. The number of hydrogen-bond acceptors (Lipinski definition) is 4. The van der Waals surface area contributed by atoms with Crippen molar-refractivity contribution in [3.63, 3.8) is 0 Å². The van der Waals surface area contributed by atoms with Crippen molar-refractivity contribution in [1.29, 1.82) is 0 Å². The molecule has 4 rings (SSSR count). The second kappa shape index (κ2) is 8.57. The number of H-pyrrole nitrogens is 1. The van der Waals surface area contributed by atoms with E-state index in [9.17, 15) is 9.59 Å². The van der Waals surface area contributed by atoms with Gasteiger partial charge in [-0.2, -0.15) is 0 Å². The van der Waals surface area contributed by atoms with Gasteiger partial charge in [-0.05, 0) is 49.2 Å². The monoisotopic (exact) mass is 390 g/mol. The molecule has 0 unspecified atom stereocenters. The molecule has 6 heteroatoms. The van der Waals surface area contributed by atoms with E-state index >= 15 is 0 Å². The molecular weight excluding hydrogens is 364 g/mol. The fourth-order valence-corrected chi connectivity index (χ4v) is 3.81. The number of amides is 1. The van der Waals surface area contributed by atoms with Crippen LogP contribution in [-0.2, 0) is 13.1 Å². The third-order valence-electron chi connectivity index (χ3n) is 5.48. The quantitative estimate of drug-likeness (QED) is 0.702. The Morgan fingerprint density at radius 1 is 1.07 bits per heavy atom. The molecule has 1 aliphatic heterocycles. The molecule has 0 saturated carbocycles. The second-order valence-corrected chi connectivity index (χ2v) is 7.53. The Kier molecular flexibility index (Phi) is 5.71. The minimum atomic E-state index is -0.105. The molecule has 29 heavy (non-hydrogen) atoms. The van der Waals surface area contributed by atoms with Crippen LogP contribution in [0.15, 0.2) is 53.3 Å². The highest BCUT2D eigenvalue weighted by Crippen LogP contribution is 2.15. The molecule has 1 saturated heterocycles. The number of aromatic amines is 1. The molecule has 6 nitrogen and oxygen atoms in total. The first-order valence-electron chi connectivity index (χ1n) is 10.2. The van der Waals surface area contributed by atoms with Gasteiger partial charge in [-0.1, -0.05) is 31.2 Å². The molecule has 0 spiro atoms. The Morgan fingerprint density at radius 2 is 1.79 bits per heavy atom. The zero-order valence-electron chi connectivity index (χ0n) is 16.7. The predicted molar refractivity (Wildman–Crippen MR) is 114 cm³/mol. The highest BCUT2D eigenvalue weighted by molar-refractivity contribution is 5.94. The number of carbonyl (C=O) groups is 1. The number of fused-ring (bicyclic) bond motifs is 1. The molecular formula is C23H26N4O2. The summed E-state index contributed by atoms with van der Waals surface area (Å²) in [4.78, 5) is 36.4. The van der Waals surface area contributed by atoms with Gasteiger partial charge >= 0.3 is 0 Å². The maximum absolute atomic E-state index is 12.5. The molecule has 2 aromatic carbocycles. The van der Waals surface area contributed by atoms with E-state index in [0.717, 1.165) is 50.1 Å². The largest absolute Gasteiger partial charge is 0.339 e. The maximum atomic E-state index is 12.5. The van der Waals surface area contributed by atoms with E-state index < -0.39 is 0 Å². The molecule has 150 valence electrons. The van der Waals surface area contributed by atoms with Crippen LogP contribution in [0.3, 0.4) is 0 Å². The van der Waals surface area contributed by atoms with Crippen molar-refractivity contribution in [3.8, 4) is 0 Å². The van der Waals surface area contributed by atoms with Crippen molar-refractivity contribution in [3.05, 3.63) is 75.8 Å². The summed E-state index contributed by atoms with van der Waals surface area (Å²) in [6, 6.07) is 15.2. The summed E-state index contributed by atoms with van der Waals surface area (Å²) in [6.07, 6.45) is 2.19. The molecule has 1 aromatic heterocycles. The highest BCUT2D eigenvalue weighted by Gasteiger charge is 2.19. The number of benzene rings is 2. The van der Waals surface area contributed by atoms with Gasteiger partial charge in [-0.25, -0.2) is 4.98 Å². The Hall–Kier alpha value is -2.99. The van der Waals surface area contributed by atoms with Gasteiger partial charge in [-0.3, -0.25) is 14.5 Å². The highest BCUT2D eigenvalue weighted by atomic mass is 16.2. The number of carbonyl (C=O) groups excluding carboxylic acids is 1. The van der Waals surface area contributed by atoms with E-state index in [4.69, 9.17) is 0 Å². The van der Waals surface area contributed by atoms with Crippen LogP contribution < -0.4 is 5.56 Å². The summed E-state index contributed by atoms with van der Waals surface area (Å²) >= 11 is 0. The predicted octanol–water partition coefficient (Wildman–Crippen LogP) is 3.18. The molecule has 2 heterocycles. The minimum absolute atomic E-state index is 0.105. The van der Waals surface area contributed by atoms with Gasteiger partial charge in [0, 0.05) is 25.2 Å². The zero-order chi connectivity index (χ0) is 20.2. The van der Waals surface area contributed by atoms with Gasteiger partial charge in [0.05, 0.1) is 17.4 Å². The van der Waals surface area contributed by atoms with Crippen LogP contribution in [0, 0.1) is 0 Å². The number of rotatable bonds is 6. The molecule has 3 aromatic rings. The van der Waals surface area contributed by atoms with E-state index in [-0.39, 0.29) is 11.5 Å². The van der Waals surface area contributed by atoms with Gasteiger partial charge in [0.2, 0.25) is 0 Å². The first kappa shape index (κ1) is 19.3. The number of likely N-dealkylation sites (tertiary alicyclic amines) is 1. The summed E-state index contributed by atoms with van der Waals surface area (Å²) in [5.74, 6) is 0.788. The zero-order valence-corrected chi connectivity index (χ0v) is 16.7. The fraction of sp³-hybridized carbons (Fsp3) is 0.348. The number of nitrogens with zero attached hydrogens (tertiary/aromatic N) is 3.